The number of nitrogens with two attached hydrogens (primary N) is 2. The van der Waals surface area contributed by atoms with Crippen LogP contribution in [-0.2, 0) is 9.59 Å². The van der Waals surface area contributed by atoms with Gasteiger partial charge in [-0.1, -0.05) is 23.2 Å². The van der Waals surface area contributed by atoms with E-state index in [4.69, 9.17) is 34.7 Å². The maximum atomic E-state index is 11.9. The Hall–Kier alpha value is -1.48. The van der Waals surface area contributed by atoms with Crippen molar-refractivity contribution in [2.24, 2.45) is 11.5 Å². The number of hydrogen-bond donors (Lipinski definition) is 3. The van der Waals surface area contributed by atoms with E-state index in [-0.39, 0.29) is 17.1 Å². The molecule has 0 aliphatic carbocycles. The van der Waals surface area contributed by atoms with Crippen molar-refractivity contribution in [1.82, 2.24) is 8.75 Å². The first-order valence-corrected chi connectivity index (χ1v) is 6.83. The van der Waals surface area contributed by atoms with Crippen LogP contribution in [0.4, 0.5) is 5.69 Å². The normalized spacial score (nSPS) is 12.3. The van der Waals surface area contributed by atoms with E-state index in [2.05, 4.69) is 14.1 Å². The van der Waals surface area contributed by atoms with Crippen LogP contribution in [0.2, 0.25) is 10.0 Å². The fraction of sp³-hybridized carbons (Fsp3) is 0.200. The lowest BCUT2D eigenvalue weighted by Crippen LogP contribution is -2.39. The van der Waals surface area contributed by atoms with Gasteiger partial charge in [-0.2, -0.15) is 8.75 Å². The summed E-state index contributed by atoms with van der Waals surface area (Å²) in [5.74, 6) is -1.27. The summed E-state index contributed by atoms with van der Waals surface area (Å²) in [6, 6.07) is 0.378. The quantitative estimate of drug-likeness (QED) is 0.773. The highest BCUT2D eigenvalue weighted by atomic mass is 35.5. The van der Waals surface area contributed by atoms with E-state index >= 15 is 0 Å². The topological polar surface area (TPSA) is 124 Å². The summed E-state index contributed by atoms with van der Waals surface area (Å²) in [7, 11) is 0. The molecule has 1 unspecified atom stereocenters. The van der Waals surface area contributed by atoms with Crippen LogP contribution in [-0.4, -0.2) is 26.6 Å². The molecule has 0 bridgehead atoms. The molecule has 2 aromatic rings. The van der Waals surface area contributed by atoms with Crippen molar-refractivity contribution in [3.63, 3.8) is 0 Å². The second kappa shape index (κ2) is 5.88. The number of primary amides is 1. The second-order valence-electron chi connectivity index (χ2n) is 3.94. The van der Waals surface area contributed by atoms with Gasteiger partial charge in [-0.15, -0.1) is 0 Å². The summed E-state index contributed by atoms with van der Waals surface area (Å²) < 4.78 is 8.03. The monoisotopic (exact) mass is 333 g/mol. The number of anilines is 1. The molecule has 0 aliphatic heterocycles. The van der Waals surface area contributed by atoms with Gasteiger partial charge in [-0.3, -0.25) is 9.59 Å². The summed E-state index contributed by atoms with van der Waals surface area (Å²) in [6.45, 7) is 0. The molecule has 0 radical (unpaired) electrons. The summed E-state index contributed by atoms with van der Waals surface area (Å²) >= 11 is 12.9. The van der Waals surface area contributed by atoms with Crippen LogP contribution < -0.4 is 16.8 Å². The molecule has 10 heteroatoms. The van der Waals surface area contributed by atoms with Gasteiger partial charge in [0.2, 0.25) is 11.8 Å². The van der Waals surface area contributed by atoms with E-state index in [1.807, 2.05) is 0 Å². The predicted molar refractivity (Wildman–Crippen MR) is 77.9 cm³/mol. The molecule has 0 spiro atoms. The van der Waals surface area contributed by atoms with Gasteiger partial charge in [0.15, 0.2) is 0 Å². The molecule has 2 amide bonds. The molecule has 1 atom stereocenters. The third-order valence-electron chi connectivity index (χ3n) is 2.45. The molecule has 0 saturated carbocycles. The Morgan fingerprint density at radius 3 is 2.60 bits per heavy atom. The molecule has 5 N–H and O–H groups in total. The molecule has 1 aromatic heterocycles. The first-order chi connectivity index (χ1) is 9.40. The van der Waals surface area contributed by atoms with Crippen molar-refractivity contribution < 1.29 is 9.59 Å². The van der Waals surface area contributed by atoms with Crippen molar-refractivity contribution in [1.29, 1.82) is 0 Å². The summed E-state index contributed by atoms with van der Waals surface area (Å²) in [4.78, 5) is 22.6. The van der Waals surface area contributed by atoms with E-state index in [0.29, 0.717) is 16.1 Å². The predicted octanol–water partition coefficient (Wildman–Crippen LogP) is 1.14. The fourth-order valence-corrected chi connectivity index (χ4v) is 2.68. The number of amides is 2. The van der Waals surface area contributed by atoms with E-state index in [0.717, 1.165) is 11.7 Å². The van der Waals surface area contributed by atoms with Crippen LogP contribution in [0.3, 0.4) is 0 Å². The Labute approximate surface area is 127 Å². The summed E-state index contributed by atoms with van der Waals surface area (Å²) in [5.41, 5.74) is 11.6. The third-order valence-corrected chi connectivity index (χ3v) is 3.56. The highest BCUT2D eigenvalue weighted by Gasteiger charge is 2.20. The fourth-order valence-electron chi connectivity index (χ4n) is 1.52. The molecule has 0 aliphatic rings. The highest BCUT2D eigenvalue weighted by Crippen LogP contribution is 2.35. The van der Waals surface area contributed by atoms with Crippen LogP contribution in [0.25, 0.3) is 11.0 Å². The standard InChI is InChI=1S/C10H9Cl2N5O2S/c11-3-1-4(12)8-9(17-20-16-8)7(3)15-10(19)5(13)2-6(14)18/h1,5H,2,13H2,(H2,14,18)(H,15,19). The number of carbonyl (C=O) groups excluding carboxylic acids is 2. The first kappa shape index (κ1) is 14.9. The molecule has 0 fully saturated rings. The largest absolute Gasteiger partial charge is 0.370 e. The minimum atomic E-state index is -1.07. The van der Waals surface area contributed by atoms with Gasteiger partial charge >= 0.3 is 0 Å². The van der Waals surface area contributed by atoms with Crippen molar-refractivity contribution in [3.05, 3.63) is 16.1 Å². The minimum Gasteiger partial charge on any atom is -0.370 e. The maximum Gasteiger partial charge on any atom is 0.241 e. The lowest BCUT2D eigenvalue weighted by molar-refractivity contribution is -0.123. The van der Waals surface area contributed by atoms with Gasteiger partial charge < -0.3 is 16.8 Å². The Morgan fingerprint density at radius 2 is 1.95 bits per heavy atom. The smallest absolute Gasteiger partial charge is 0.241 e. The zero-order valence-electron chi connectivity index (χ0n) is 9.89. The van der Waals surface area contributed by atoms with Crippen LogP contribution >= 0.6 is 34.9 Å². The molecule has 1 aromatic carbocycles. The van der Waals surface area contributed by atoms with Crippen molar-refractivity contribution in [3.8, 4) is 0 Å². The number of nitrogens with zero attached hydrogens (tertiary/aromatic N) is 2. The first-order valence-electron chi connectivity index (χ1n) is 5.35. The SMILES string of the molecule is NC(=O)CC(N)C(=O)Nc1c(Cl)cc(Cl)c2nsnc12. The van der Waals surface area contributed by atoms with Crippen LogP contribution in [0.5, 0.6) is 0 Å². The zero-order valence-corrected chi connectivity index (χ0v) is 12.2. The number of benzene rings is 1. The maximum absolute atomic E-state index is 11.9. The highest BCUT2D eigenvalue weighted by molar-refractivity contribution is 7.00. The van der Waals surface area contributed by atoms with Gasteiger partial charge in [-0.25, -0.2) is 0 Å². The number of rotatable bonds is 4. The summed E-state index contributed by atoms with van der Waals surface area (Å²) in [6.07, 6.45) is -0.268. The van der Waals surface area contributed by atoms with Crippen LogP contribution in [0.15, 0.2) is 6.07 Å². The molecular weight excluding hydrogens is 325 g/mol. The van der Waals surface area contributed by atoms with E-state index in [1.165, 1.54) is 6.07 Å². The zero-order chi connectivity index (χ0) is 14.9. The lowest BCUT2D eigenvalue weighted by atomic mass is 10.2. The molecule has 106 valence electrons. The molecular formula is C10H9Cl2N5O2S. The number of nitrogens with one attached hydrogen (secondary N) is 1. The van der Waals surface area contributed by atoms with Gasteiger partial charge in [0, 0.05) is 0 Å². The van der Waals surface area contributed by atoms with Gasteiger partial charge in [0.1, 0.15) is 11.0 Å². The van der Waals surface area contributed by atoms with Gasteiger partial charge in [-0.05, 0) is 6.07 Å². The van der Waals surface area contributed by atoms with Crippen molar-refractivity contribution in [2.75, 3.05) is 5.32 Å². The molecule has 20 heavy (non-hydrogen) atoms. The van der Waals surface area contributed by atoms with Crippen molar-refractivity contribution in [2.45, 2.75) is 12.5 Å². The number of hydrogen-bond acceptors (Lipinski definition) is 6. The van der Waals surface area contributed by atoms with Crippen molar-refractivity contribution >= 4 is 63.5 Å². The van der Waals surface area contributed by atoms with E-state index in [9.17, 15) is 9.59 Å². The Morgan fingerprint density at radius 1 is 1.30 bits per heavy atom. The Kier molecular flexibility index (Phi) is 4.39. The van der Waals surface area contributed by atoms with E-state index in [1.54, 1.807) is 0 Å². The average molecular weight is 334 g/mol. The van der Waals surface area contributed by atoms with Crippen LogP contribution in [0.1, 0.15) is 6.42 Å². The van der Waals surface area contributed by atoms with Crippen LogP contribution in [0, 0.1) is 0 Å². The van der Waals surface area contributed by atoms with E-state index < -0.39 is 17.9 Å². The average Bonchev–Trinajstić information content (AvgIpc) is 2.82. The second-order valence-corrected chi connectivity index (χ2v) is 5.29. The molecule has 2 rings (SSSR count). The lowest BCUT2D eigenvalue weighted by Gasteiger charge is -2.12. The molecule has 7 nitrogen and oxygen atoms in total. The molecule has 1 heterocycles. The third kappa shape index (κ3) is 2.98. The number of halogens is 2. The number of carbonyl (C=O) groups is 2. The molecule has 0 saturated heterocycles. The number of aromatic nitrogens is 2. The van der Waals surface area contributed by atoms with Gasteiger partial charge in [0.05, 0.1) is 39.9 Å². The Balaban J connectivity index is 2.32. The minimum absolute atomic E-state index is 0.204. The van der Waals surface area contributed by atoms with Gasteiger partial charge in [0.25, 0.3) is 0 Å². The number of fused-ring (bicyclic) bond motifs is 1. The Bertz CT molecular complexity index is 690. The summed E-state index contributed by atoms with van der Waals surface area (Å²) in [5, 5.41) is 3.05.